The van der Waals surface area contributed by atoms with Crippen LogP contribution in [0.3, 0.4) is 0 Å². The second-order valence-electron chi connectivity index (χ2n) is 6.98. The maximum Gasteiger partial charge on any atom is 0.133 e. The fourth-order valence-corrected chi connectivity index (χ4v) is 4.06. The molecule has 1 aromatic heterocycles. The van der Waals surface area contributed by atoms with Gasteiger partial charge in [0.05, 0.1) is 13.2 Å². The number of aromatic nitrogens is 1. The number of nitrogens with zero attached hydrogens (tertiary/aromatic N) is 3. The molecule has 3 heterocycles. The molecule has 0 saturated carbocycles. The van der Waals surface area contributed by atoms with Crippen molar-refractivity contribution in [1.29, 1.82) is 0 Å². The van der Waals surface area contributed by atoms with E-state index in [-0.39, 0.29) is 0 Å². The third-order valence-corrected chi connectivity index (χ3v) is 5.33. The lowest BCUT2D eigenvalue weighted by Gasteiger charge is -2.38. The van der Waals surface area contributed by atoms with Gasteiger partial charge in [-0.1, -0.05) is 42.8 Å². The third-order valence-electron chi connectivity index (χ3n) is 5.33. The molecule has 0 N–H and O–H groups in total. The van der Waals surface area contributed by atoms with E-state index in [9.17, 15) is 0 Å². The van der Waals surface area contributed by atoms with Crippen LogP contribution in [0.25, 0.3) is 0 Å². The van der Waals surface area contributed by atoms with Crippen molar-refractivity contribution in [2.24, 2.45) is 0 Å². The second-order valence-corrected chi connectivity index (χ2v) is 6.98. The highest BCUT2D eigenvalue weighted by Gasteiger charge is 2.28. The van der Waals surface area contributed by atoms with Gasteiger partial charge in [-0.05, 0) is 31.0 Å². The van der Waals surface area contributed by atoms with Crippen molar-refractivity contribution in [2.75, 3.05) is 37.7 Å². The standard InChI is InChI=1S/C21H27N3O/c1-2-7-18(8-3-1)17-24-12-5-4-10-20(24)19-9-6-11-22-21(19)23-13-15-25-16-14-23/h1-3,6-9,11,20H,4-5,10,12-17H2/t20-/m1/s1. The number of anilines is 1. The van der Waals surface area contributed by atoms with Gasteiger partial charge in [0, 0.05) is 37.4 Å². The first-order chi connectivity index (χ1) is 12.4. The number of likely N-dealkylation sites (tertiary alicyclic amines) is 1. The van der Waals surface area contributed by atoms with Crippen molar-refractivity contribution in [1.82, 2.24) is 9.88 Å². The summed E-state index contributed by atoms with van der Waals surface area (Å²) in [7, 11) is 0. The molecular formula is C21H27N3O. The van der Waals surface area contributed by atoms with Gasteiger partial charge >= 0.3 is 0 Å². The van der Waals surface area contributed by atoms with Crippen LogP contribution in [-0.4, -0.2) is 42.7 Å². The van der Waals surface area contributed by atoms with Gasteiger partial charge in [-0.3, -0.25) is 4.90 Å². The molecule has 2 aliphatic heterocycles. The van der Waals surface area contributed by atoms with Gasteiger partial charge in [0.2, 0.25) is 0 Å². The van der Waals surface area contributed by atoms with E-state index in [0.29, 0.717) is 6.04 Å². The second kappa shape index (κ2) is 7.98. The number of ether oxygens (including phenoxy) is 1. The van der Waals surface area contributed by atoms with E-state index in [1.807, 2.05) is 6.20 Å². The quantitative estimate of drug-likeness (QED) is 0.851. The monoisotopic (exact) mass is 337 g/mol. The summed E-state index contributed by atoms with van der Waals surface area (Å²) < 4.78 is 5.53. The van der Waals surface area contributed by atoms with Crippen LogP contribution in [0.15, 0.2) is 48.7 Å². The van der Waals surface area contributed by atoms with Gasteiger partial charge in [0.25, 0.3) is 0 Å². The summed E-state index contributed by atoms with van der Waals surface area (Å²) in [6, 6.07) is 15.7. The molecule has 132 valence electrons. The van der Waals surface area contributed by atoms with Crippen LogP contribution in [0.5, 0.6) is 0 Å². The van der Waals surface area contributed by atoms with E-state index >= 15 is 0 Å². The van der Waals surface area contributed by atoms with Gasteiger partial charge in [-0.15, -0.1) is 0 Å². The molecule has 0 amide bonds. The zero-order valence-electron chi connectivity index (χ0n) is 14.8. The first kappa shape index (κ1) is 16.6. The summed E-state index contributed by atoms with van der Waals surface area (Å²) in [5.41, 5.74) is 2.78. The average molecular weight is 337 g/mol. The normalized spacial score (nSPS) is 22.1. The van der Waals surface area contributed by atoms with E-state index in [4.69, 9.17) is 9.72 Å². The summed E-state index contributed by atoms with van der Waals surface area (Å²) in [5.74, 6) is 1.16. The maximum absolute atomic E-state index is 5.53. The molecule has 0 radical (unpaired) electrons. The number of rotatable bonds is 4. The molecule has 25 heavy (non-hydrogen) atoms. The Balaban J connectivity index is 1.60. The Bertz CT molecular complexity index is 670. The molecule has 1 atom stereocenters. The Morgan fingerprint density at radius 3 is 2.64 bits per heavy atom. The predicted octanol–water partition coefficient (Wildman–Crippen LogP) is 3.65. The minimum Gasteiger partial charge on any atom is -0.378 e. The van der Waals surface area contributed by atoms with Crippen molar-refractivity contribution in [3.05, 3.63) is 59.8 Å². The summed E-state index contributed by atoms with van der Waals surface area (Å²) in [6.45, 7) is 5.66. The minimum absolute atomic E-state index is 0.459. The van der Waals surface area contributed by atoms with Crippen LogP contribution in [0.4, 0.5) is 5.82 Å². The molecule has 0 aliphatic carbocycles. The fraction of sp³-hybridized carbons (Fsp3) is 0.476. The number of piperidine rings is 1. The van der Waals surface area contributed by atoms with Crippen LogP contribution >= 0.6 is 0 Å². The SMILES string of the molecule is c1ccc(CN2CCCC[C@@H]2c2cccnc2N2CCOCC2)cc1. The molecule has 4 heteroatoms. The first-order valence-electron chi connectivity index (χ1n) is 9.47. The first-order valence-corrected chi connectivity index (χ1v) is 9.47. The van der Waals surface area contributed by atoms with Crippen molar-refractivity contribution in [3.8, 4) is 0 Å². The summed E-state index contributed by atoms with van der Waals surface area (Å²) in [5, 5.41) is 0. The predicted molar refractivity (Wildman–Crippen MR) is 101 cm³/mol. The molecule has 4 nitrogen and oxygen atoms in total. The van der Waals surface area contributed by atoms with Gasteiger partial charge < -0.3 is 9.64 Å². The van der Waals surface area contributed by atoms with E-state index in [0.717, 1.165) is 45.2 Å². The zero-order valence-corrected chi connectivity index (χ0v) is 14.8. The number of pyridine rings is 1. The van der Waals surface area contributed by atoms with E-state index < -0.39 is 0 Å². The molecule has 0 unspecified atom stereocenters. The van der Waals surface area contributed by atoms with Crippen molar-refractivity contribution < 1.29 is 4.74 Å². The molecule has 2 aromatic rings. The molecule has 4 rings (SSSR count). The Labute approximate surface area is 150 Å². The Morgan fingerprint density at radius 2 is 1.80 bits per heavy atom. The molecule has 2 fully saturated rings. The molecule has 0 spiro atoms. The molecule has 2 aliphatic rings. The topological polar surface area (TPSA) is 28.6 Å². The Morgan fingerprint density at radius 1 is 0.960 bits per heavy atom. The third kappa shape index (κ3) is 3.86. The number of hydrogen-bond acceptors (Lipinski definition) is 4. The lowest BCUT2D eigenvalue weighted by atomic mass is 9.94. The summed E-state index contributed by atoms with van der Waals surface area (Å²) in [4.78, 5) is 9.80. The van der Waals surface area contributed by atoms with Gasteiger partial charge in [0.1, 0.15) is 5.82 Å². The molecule has 1 aromatic carbocycles. The maximum atomic E-state index is 5.53. The largest absolute Gasteiger partial charge is 0.378 e. The lowest BCUT2D eigenvalue weighted by Crippen LogP contribution is -2.39. The molecular weight excluding hydrogens is 310 g/mol. The van der Waals surface area contributed by atoms with Crippen LogP contribution in [0, 0.1) is 0 Å². The Hall–Kier alpha value is -1.91. The van der Waals surface area contributed by atoms with Crippen LogP contribution < -0.4 is 4.90 Å². The smallest absolute Gasteiger partial charge is 0.133 e. The zero-order chi connectivity index (χ0) is 16.9. The lowest BCUT2D eigenvalue weighted by molar-refractivity contribution is 0.120. The van der Waals surface area contributed by atoms with E-state index in [1.165, 1.54) is 30.4 Å². The van der Waals surface area contributed by atoms with Crippen LogP contribution in [0.1, 0.15) is 36.4 Å². The Kier molecular flexibility index (Phi) is 5.28. The average Bonchev–Trinajstić information content (AvgIpc) is 2.70. The number of benzene rings is 1. The van der Waals surface area contributed by atoms with Crippen LogP contribution in [-0.2, 0) is 11.3 Å². The van der Waals surface area contributed by atoms with Crippen molar-refractivity contribution in [3.63, 3.8) is 0 Å². The summed E-state index contributed by atoms with van der Waals surface area (Å²) in [6.07, 6.45) is 5.73. The molecule has 0 bridgehead atoms. The van der Waals surface area contributed by atoms with E-state index in [2.05, 4.69) is 52.3 Å². The number of hydrogen-bond donors (Lipinski definition) is 0. The highest BCUT2D eigenvalue weighted by Crippen LogP contribution is 2.36. The molecule has 2 saturated heterocycles. The van der Waals surface area contributed by atoms with Crippen LogP contribution in [0.2, 0.25) is 0 Å². The van der Waals surface area contributed by atoms with E-state index in [1.54, 1.807) is 0 Å². The van der Waals surface area contributed by atoms with Crippen molar-refractivity contribution >= 4 is 5.82 Å². The number of morpholine rings is 1. The van der Waals surface area contributed by atoms with Gasteiger partial charge in [-0.2, -0.15) is 0 Å². The van der Waals surface area contributed by atoms with Crippen molar-refractivity contribution in [2.45, 2.75) is 31.8 Å². The minimum atomic E-state index is 0.459. The van der Waals surface area contributed by atoms with Gasteiger partial charge in [0.15, 0.2) is 0 Å². The van der Waals surface area contributed by atoms with Gasteiger partial charge in [-0.25, -0.2) is 4.98 Å². The fourth-order valence-electron chi connectivity index (χ4n) is 4.06. The highest BCUT2D eigenvalue weighted by atomic mass is 16.5. The highest BCUT2D eigenvalue weighted by molar-refractivity contribution is 5.49. The summed E-state index contributed by atoms with van der Waals surface area (Å²) >= 11 is 0.